The molecule has 0 amide bonds. The number of aromatic hydroxyl groups is 1. The smallest absolute Gasteiger partial charge is 0.341 e. The maximum Gasteiger partial charge on any atom is 0.341 e. The van der Waals surface area contributed by atoms with Crippen LogP contribution in [-0.4, -0.2) is 20.7 Å². The van der Waals surface area contributed by atoms with Crippen LogP contribution in [0.4, 0.5) is 0 Å². The fraction of sp³-hybridized carbons (Fsp3) is 0.455. The molecule has 16 heavy (non-hydrogen) atoms. The highest BCUT2D eigenvalue weighted by Crippen LogP contribution is 2.17. The second-order valence-corrected chi connectivity index (χ2v) is 4.92. The van der Waals surface area contributed by atoms with E-state index in [0.717, 1.165) is 0 Å². The molecule has 0 aliphatic carbocycles. The largest absolute Gasteiger partial charge is 0.503 e. The standard InChI is InChI=1S/C11H15NO4/c1-11(2,3)6-12-4-7(10(15)16)9(14)8(13)5-12/h4-5,13H,6H2,1-3H3,(H,15,16). The van der Waals surface area contributed by atoms with Gasteiger partial charge in [0, 0.05) is 18.9 Å². The molecule has 0 atom stereocenters. The molecule has 0 aliphatic heterocycles. The molecule has 0 aromatic carbocycles. The first-order chi connectivity index (χ1) is 7.20. The second kappa shape index (κ2) is 4.00. The van der Waals surface area contributed by atoms with Gasteiger partial charge in [-0.15, -0.1) is 0 Å². The minimum atomic E-state index is -1.33. The number of carboxylic acids is 1. The van der Waals surface area contributed by atoms with E-state index in [1.165, 1.54) is 17.0 Å². The molecule has 5 nitrogen and oxygen atoms in total. The Hall–Kier alpha value is -1.78. The van der Waals surface area contributed by atoms with Crippen molar-refractivity contribution in [3.8, 4) is 5.75 Å². The zero-order chi connectivity index (χ0) is 12.5. The first kappa shape index (κ1) is 12.3. The summed E-state index contributed by atoms with van der Waals surface area (Å²) in [6.07, 6.45) is 2.50. The van der Waals surface area contributed by atoms with Crippen LogP contribution in [0.5, 0.6) is 5.75 Å². The molecule has 5 heteroatoms. The van der Waals surface area contributed by atoms with Gasteiger partial charge in [0.25, 0.3) is 0 Å². The van der Waals surface area contributed by atoms with E-state index in [1.807, 2.05) is 20.8 Å². The van der Waals surface area contributed by atoms with Gasteiger partial charge in [-0.2, -0.15) is 0 Å². The van der Waals surface area contributed by atoms with Crippen molar-refractivity contribution < 1.29 is 15.0 Å². The summed E-state index contributed by atoms with van der Waals surface area (Å²) in [6, 6.07) is 0. The lowest BCUT2D eigenvalue weighted by atomic mass is 9.97. The molecule has 1 heterocycles. The van der Waals surface area contributed by atoms with E-state index in [2.05, 4.69) is 0 Å². The number of aromatic carboxylic acids is 1. The van der Waals surface area contributed by atoms with E-state index in [4.69, 9.17) is 5.11 Å². The Balaban J connectivity index is 3.25. The minimum absolute atomic E-state index is 0.0721. The second-order valence-electron chi connectivity index (χ2n) is 4.92. The highest BCUT2D eigenvalue weighted by atomic mass is 16.4. The summed E-state index contributed by atoms with van der Waals surface area (Å²) in [6.45, 7) is 6.44. The molecule has 0 radical (unpaired) electrons. The van der Waals surface area contributed by atoms with E-state index in [9.17, 15) is 14.7 Å². The lowest BCUT2D eigenvalue weighted by Crippen LogP contribution is -2.21. The molecule has 88 valence electrons. The zero-order valence-electron chi connectivity index (χ0n) is 9.52. The molecule has 0 aliphatic rings. The number of aromatic nitrogens is 1. The van der Waals surface area contributed by atoms with Crippen LogP contribution in [0.2, 0.25) is 0 Å². The van der Waals surface area contributed by atoms with Crippen molar-refractivity contribution in [2.45, 2.75) is 27.3 Å². The van der Waals surface area contributed by atoms with Crippen molar-refractivity contribution in [1.29, 1.82) is 0 Å². The number of hydrogen-bond donors (Lipinski definition) is 2. The fourth-order valence-corrected chi connectivity index (χ4v) is 1.41. The lowest BCUT2D eigenvalue weighted by Gasteiger charge is -2.20. The molecule has 0 saturated heterocycles. The third-order valence-electron chi connectivity index (χ3n) is 1.95. The molecule has 0 spiro atoms. The Morgan fingerprint density at radius 1 is 1.38 bits per heavy atom. The summed E-state index contributed by atoms with van der Waals surface area (Å²) in [7, 11) is 0. The molecule has 0 saturated carbocycles. The van der Waals surface area contributed by atoms with Gasteiger partial charge >= 0.3 is 5.97 Å². The van der Waals surface area contributed by atoms with Gasteiger partial charge in [-0.05, 0) is 5.41 Å². The van der Waals surface area contributed by atoms with Crippen molar-refractivity contribution in [3.05, 3.63) is 28.2 Å². The van der Waals surface area contributed by atoms with Gasteiger partial charge in [-0.1, -0.05) is 20.8 Å². The number of hydrogen-bond acceptors (Lipinski definition) is 3. The number of carboxylic acid groups (broad SMARTS) is 1. The number of rotatable bonds is 2. The van der Waals surface area contributed by atoms with Crippen LogP contribution >= 0.6 is 0 Å². The lowest BCUT2D eigenvalue weighted by molar-refractivity contribution is 0.0693. The first-order valence-electron chi connectivity index (χ1n) is 4.87. The van der Waals surface area contributed by atoms with Crippen molar-refractivity contribution in [2.75, 3.05) is 0 Å². The average Bonchev–Trinajstić information content (AvgIpc) is 2.07. The van der Waals surface area contributed by atoms with Crippen LogP contribution in [0.15, 0.2) is 17.2 Å². The normalized spacial score (nSPS) is 11.4. The summed E-state index contributed by atoms with van der Waals surface area (Å²) >= 11 is 0. The third-order valence-corrected chi connectivity index (χ3v) is 1.95. The summed E-state index contributed by atoms with van der Waals surface area (Å²) in [5.74, 6) is -1.87. The Kier molecular flexibility index (Phi) is 3.07. The Labute approximate surface area is 93.0 Å². The van der Waals surface area contributed by atoms with Gasteiger partial charge in [0.2, 0.25) is 5.43 Å². The predicted octanol–water partition coefficient (Wildman–Crippen LogP) is 1.30. The van der Waals surface area contributed by atoms with E-state index in [1.54, 1.807) is 0 Å². The van der Waals surface area contributed by atoms with Crippen molar-refractivity contribution in [3.63, 3.8) is 0 Å². The van der Waals surface area contributed by atoms with Crippen LogP contribution in [-0.2, 0) is 6.54 Å². The Morgan fingerprint density at radius 2 is 1.94 bits per heavy atom. The van der Waals surface area contributed by atoms with Crippen molar-refractivity contribution >= 4 is 5.97 Å². The molecule has 1 aromatic rings. The van der Waals surface area contributed by atoms with Gasteiger partial charge in [-0.25, -0.2) is 4.79 Å². The van der Waals surface area contributed by atoms with Gasteiger partial charge in [0.15, 0.2) is 5.75 Å². The number of carbonyl (C=O) groups is 1. The van der Waals surface area contributed by atoms with Crippen molar-refractivity contribution in [2.24, 2.45) is 5.41 Å². The topological polar surface area (TPSA) is 79.5 Å². The van der Waals surface area contributed by atoms with Gasteiger partial charge < -0.3 is 14.8 Å². The van der Waals surface area contributed by atoms with E-state index >= 15 is 0 Å². The molecule has 0 bridgehead atoms. The molecule has 0 fully saturated rings. The van der Waals surface area contributed by atoms with Crippen molar-refractivity contribution in [1.82, 2.24) is 4.57 Å². The third kappa shape index (κ3) is 2.85. The van der Waals surface area contributed by atoms with E-state index in [-0.39, 0.29) is 5.41 Å². The first-order valence-corrected chi connectivity index (χ1v) is 4.87. The van der Waals surface area contributed by atoms with Crippen LogP contribution in [0, 0.1) is 5.41 Å². The summed E-state index contributed by atoms with van der Waals surface area (Å²) in [5.41, 5.74) is -1.33. The Bertz CT molecular complexity index is 468. The van der Waals surface area contributed by atoms with Gasteiger partial charge in [0.1, 0.15) is 5.56 Å². The van der Waals surface area contributed by atoms with E-state index in [0.29, 0.717) is 6.54 Å². The molecule has 0 unspecified atom stereocenters. The van der Waals surface area contributed by atoms with Crippen LogP contribution in [0.3, 0.4) is 0 Å². The maximum absolute atomic E-state index is 11.3. The summed E-state index contributed by atoms with van der Waals surface area (Å²) < 4.78 is 1.51. The fourth-order valence-electron chi connectivity index (χ4n) is 1.41. The molecular formula is C11H15NO4. The molecule has 1 rings (SSSR count). The molecule has 2 N–H and O–H groups in total. The summed E-state index contributed by atoms with van der Waals surface area (Å²) in [5, 5.41) is 18.1. The monoisotopic (exact) mass is 225 g/mol. The maximum atomic E-state index is 11.3. The molecular weight excluding hydrogens is 210 g/mol. The predicted molar refractivity (Wildman–Crippen MR) is 58.8 cm³/mol. The van der Waals surface area contributed by atoms with E-state index < -0.39 is 22.7 Å². The number of nitrogens with zero attached hydrogens (tertiary/aromatic N) is 1. The minimum Gasteiger partial charge on any atom is -0.503 e. The van der Waals surface area contributed by atoms with Gasteiger partial charge in [-0.3, -0.25) is 4.79 Å². The van der Waals surface area contributed by atoms with Crippen LogP contribution in [0.25, 0.3) is 0 Å². The highest BCUT2D eigenvalue weighted by Gasteiger charge is 2.16. The average molecular weight is 225 g/mol. The van der Waals surface area contributed by atoms with Crippen LogP contribution < -0.4 is 5.43 Å². The Morgan fingerprint density at radius 3 is 2.38 bits per heavy atom. The highest BCUT2D eigenvalue weighted by molar-refractivity contribution is 5.87. The van der Waals surface area contributed by atoms with Gasteiger partial charge in [0.05, 0.1) is 0 Å². The molecule has 1 aromatic heterocycles. The summed E-state index contributed by atoms with van der Waals surface area (Å²) in [4.78, 5) is 22.1. The number of pyridine rings is 1. The van der Waals surface area contributed by atoms with Crippen LogP contribution in [0.1, 0.15) is 31.1 Å². The SMILES string of the molecule is CC(C)(C)Cn1cc(O)c(=O)c(C(=O)O)c1. The quantitative estimate of drug-likeness (QED) is 0.795. The zero-order valence-corrected chi connectivity index (χ0v) is 9.52.